The lowest BCUT2D eigenvalue weighted by molar-refractivity contribution is 0.144. The molecule has 0 aliphatic carbocycles. The number of rotatable bonds is 6. The van der Waals surface area contributed by atoms with Gasteiger partial charge in [0.05, 0.1) is 6.10 Å². The molecule has 1 aromatic carbocycles. The van der Waals surface area contributed by atoms with Gasteiger partial charge in [-0.3, -0.25) is 0 Å². The van der Waals surface area contributed by atoms with Crippen molar-refractivity contribution in [2.45, 2.75) is 25.9 Å². The molecule has 1 aliphatic heterocycles. The minimum absolute atomic E-state index is 0.343. The zero-order valence-electron chi connectivity index (χ0n) is 13.0. The predicted molar refractivity (Wildman–Crippen MR) is 83.9 cm³/mol. The summed E-state index contributed by atoms with van der Waals surface area (Å²) in [6, 6.07) is 8.13. The van der Waals surface area contributed by atoms with Gasteiger partial charge in [-0.05, 0) is 57.5 Å². The summed E-state index contributed by atoms with van der Waals surface area (Å²) in [4.78, 5) is 4.77. The summed E-state index contributed by atoms with van der Waals surface area (Å²) in [6.07, 6.45) is 1.77. The summed E-state index contributed by atoms with van der Waals surface area (Å²) in [5, 5.41) is 10.3. The smallest absolute Gasteiger partial charge is 0.0804 e. The average molecular weight is 276 g/mol. The van der Waals surface area contributed by atoms with Gasteiger partial charge in [0.2, 0.25) is 0 Å². The van der Waals surface area contributed by atoms with E-state index in [0.29, 0.717) is 0 Å². The van der Waals surface area contributed by atoms with Crippen LogP contribution in [0, 0.1) is 12.8 Å². The molecule has 1 aromatic rings. The number of nitrogens with zero attached hydrogens (tertiary/aromatic N) is 2. The molecular weight excluding hydrogens is 248 g/mol. The maximum atomic E-state index is 10.3. The molecule has 2 unspecified atom stereocenters. The van der Waals surface area contributed by atoms with E-state index in [1.54, 1.807) is 0 Å². The second-order valence-electron chi connectivity index (χ2n) is 6.34. The van der Waals surface area contributed by atoms with Crippen molar-refractivity contribution in [3.8, 4) is 0 Å². The normalized spacial score (nSPS) is 21.6. The van der Waals surface area contributed by atoms with Gasteiger partial charge < -0.3 is 14.9 Å². The van der Waals surface area contributed by atoms with E-state index < -0.39 is 0 Å². The van der Waals surface area contributed by atoms with E-state index in [9.17, 15) is 5.11 Å². The molecule has 0 radical (unpaired) electrons. The van der Waals surface area contributed by atoms with Crippen LogP contribution in [0.3, 0.4) is 0 Å². The van der Waals surface area contributed by atoms with Crippen molar-refractivity contribution in [2.24, 2.45) is 5.92 Å². The lowest BCUT2D eigenvalue weighted by Gasteiger charge is -2.22. The molecule has 0 aromatic heterocycles. The Morgan fingerprint density at radius 2 is 2.15 bits per heavy atom. The van der Waals surface area contributed by atoms with E-state index >= 15 is 0 Å². The number of benzene rings is 1. The molecule has 1 saturated heterocycles. The van der Waals surface area contributed by atoms with Gasteiger partial charge >= 0.3 is 0 Å². The topological polar surface area (TPSA) is 26.7 Å². The minimum Gasteiger partial charge on any atom is -0.388 e. The van der Waals surface area contributed by atoms with Gasteiger partial charge in [-0.25, -0.2) is 0 Å². The lowest BCUT2D eigenvalue weighted by Crippen LogP contribution is -2.29. The molecule has 112 valence electrons. The van der Waals surface area contributed by atoms with Gasteiger partial charge in [0, 0.05) is 19.6 Å². The summed E-state index contributed by atoms with van der Waals surface area (Å²) in [5.41, 5.74) is 2.25. The van der Waals surface area contributed by atoms with E-state index in [2.05, 4.69) is 36.9 Å². The van der Waals surface area contributed by atoms with Gasteiger partial charge in [-0.2, -0.15) is 0 Å². The number of aliphatic hydroxyl groups excluding tert-OH is 1. The molecule has 20 heavy (non-hydrogen) atoms. The monoisotopic (exact) mass is 276 g/mol. The Balaban J connectivity index is 1.75. The van der Waals surface area contributed by atoms with Crippen LogP contribution >= 0.6 is 0 Å². The van der Waals surface area contributed by atoms with E-state index in [-0.39, 0.29) is 6.10 Å². The second kappa shape index (κ2) is 7.21. The van der Waals surface area contributed by atoms with Crippen molar-refractivity contribution in [3.05, 3.63) is 35.4 Å². The van der Waals surface area contributed by atoms with E-state index in [4.69, 9.17) is 0 Å². The summed E-state index contributed by atoms with van der Waals surface area (Å²) in [6.45, 7) is 6.60. The Kier molecular flexibility index (Phi) is 5.58. The van der Waals surface area contributed by atoms with Crippen LogP contribution in [0.4, 0.5) is 0 Å². The first-order valence-corrected chi connectivity index (χ1v) is 7.67. The van der Waals surface area contributed by atoms with Gasteiger partial charge in [0.15, 0.2) is 0 Å². The van der Waals surface area contributed by atoms with Gasteiger partial charge in [0.25, 0.3) is 0 Å². The highest BCUT2D eigenvalue weighted by molar-refractivity contribution is 5.27. The molecule has 0 amide bonds. The number of aryl methyl sites for hydroxylation is 1. The molecule has 1 N–H and O–H groups in total. The SMILES string of the molecule is Cc1ccccc1C(O)CCN(C)CC1CCN(C)C1. The van der Waals surface area contributed by atoms with Gasteiger partial charge in [0.1, 0.15) is 0 Å². The van der Waals surface area contributed by atoms with Gasteiger partial charge in [-0.15, -0.1) is 0 Å². The first-order valence-electron chi connectivity index (χ1n) is 7.67. The van der Waals surface area contributed by atoms with Crippen molar-refractivity contribution in [1.29, 1.82) is 0 Å². The summed E-state index contributed by atoms with van der Waals surface area (Å²) in [5.74, 6) is 0.792. The molecular formula is C17H28N2O. The average Bonchev–Trinajstić information content (AvgIpc) is 2.82. The quantitative estimate of drug-likeness (QED) is 0.863. The highest BCUT2D eigenvalue weighted by Gasteiger charge is 2.21. The molecule has 3 nitrogen and oxygen atoms in total. The summed E-state index contributed by atoms with van der Waals surface area (Å²) < 4.78 is 0. The standard InChI is InChI=1S/C17H28N2O/c1-14-6-4-5-7-16(14)17(20)9-11-19(3)13-15-8-10-18(2)12-15/h4-7,15,17,20H,8-13H2,1-3H3. The fourth-order valence-electron chi connectivity index (χ4n) is 3.17. The van der Waals surface area contributed by atoms with Crippen molar-refractivity contribution < 1.29 is 5.11 Å². The number of aliphatic hydroxyl groups is 1. The third kappa shape index (κ3) is 4.30. The highest BCUT2D eigenvalue weighted by Crippen LogP contribution is 2.21. The Bertz CT molecular complexity index is 421. The molecule has 0 saturated carbocycles. The van der Waals surface area contributed by atoms with Crippen LogP contribution in [0.15, 0.2) is 24.3 Å². The third-order valence-corrected chi connectivity index (χ3v) is 4.39. The molecule has 0 spiro atoms. The van der Waals surface area contributed by atoms with Crippen LogP contribution < -0.4 is 0 Å². The largest absolute Gasteiger partial charge is 0.388 e. The molecule has 0 bridgehead atoms. The minimum atomic E-state index is -0.343. The Hall–Kier alpha value is -0.900. The third-order valence-electron chi connectivity index (χ3n) is 4.39. The van der Waals surface area contributed by atoms with Crippen LogP contribution in [0.2, 0.25) is 0 Å². The molecule has 1 heterocycles. The highest BCUT2D eigenvalue weighted by atomic mass is 16.3. The van der Waals surface area contributed by atoms with Crippen molar-refractivity contribution >= 4 is 0 Å². The predicted octanol–water partition coefficient (Wildman–Crippen LogP) is 2.30. The van der Waals surface area contributed by atoms with Crippen molar-refractivity contribution in [2.75, 3.05) is 40.3 Å². The molecule has 3 heteroatoms. The first kappa shape index (κ1) is 15.5. The first-order chi connectivity index (χ1) is 9.56. The molecule has 1 fully saturated rings. The van der Waals surface area contributed by atoms with E-state index in [0.717, 1.165) is 31.0 Å². The van der Waals surface area contributed by atoms with Crippen LogP contribution in [0.5, 0.6) is 0 Å². The molecule has 2 rings (SSSR count). The fourth-order valence-corrected chi connectivity index (χ4v) is 3.17. The lowest BCUT2D eigenvalue weighted by atomic mass is 10.0. The molecule has 1 aliphatic rings. The van der Waals surface area contributed by atoms with Crippen LogP contribution in [0.1, 0.15) is 30.1 Å². The van der Waals surface area contributed by atoms with Gasteiger partial charge in [-0.1, -0.05) is 24.3 Å². The van der Waals surface area contributed by atoms with Crippen LogP contribution in [0.25, 0.3) is 0 Å². The Morgan fingerprint density at radius 3 is 2.80 bits per heavy atom. The Labute approximate surface area is 123 Å². The second-order valence-corrected chi connectivity index (χ2v) is 6.34. The zero-order valence-corrected chi connectivity index (χ0v) is 13.0. The zero-order chi connectivity index (χ0) is 14.5. The molecule has 2 atom stereocenters. The fraction of sp³-hybridized carbons (Fsp3) is 0.647. The van der Waals surface area contributed by atoms with Crippen molar-refractivity contribution in [1.82, 2.24) is 9.80 Å². The van der Waals surface area contributed by atoms with E-state index in [1.807, 2.05) is 18.2 Å². The maximum absolute atomic E-state index is 10.3. The summed E-state index contributed by atoms with van der Waals surface area (Å²) >= 11 is 0. The Morgan fingerprint density at radius 1 is 1.40 bits per heavy atom. The number of likely N-dealkylation sites (tertiary alicyclic amines) is 1. The van der Waals surface area contributed by atoms with Crippen LogP contribution in [-0.4, -0.2) is 55.2 Å². The van der Waals surface area contributed by atoms with E-state index in [1.165, 1.54) is 25.1 Å². The summed E-state index contributed by atoms with van der Waals surface area (Å²) in [7, 11) is 4.37. The number of hydrogen-bond acceptors (Lipinski definition) is 3. The van der Waals surface area contributed by atoms with Crippen molar-refractivity contribution in [3.63, 3.8) is 0 Å². The number of hydrogen-bond donors (Lipinski definition) is 1. The van der Waals surface area contributed by atoms with Crippen LogP contribution in [-0.2, 0) is 0 Å². The maximum Gasteiger partial charge on any atom is 0.0804 e.